The molecule has 0 fully saturated rings. The Hall–Kier alpha value is -3.28. The maximum atomic E-state index is 12.1. The number of ether oxygens (including phenoxy) is 2. The van der Waals surface area contributed by atoms with Gasteiger partial charge in [0.15, 0.2) is 11.5 Å². The molecule has 1 unspecified atom stereocenters. The molecule has 1 amide bonds. The van der Waals surface area contributed by atoms with Crippen molar-refractivity contribution in [3.63, 3.8) is 0 Å². The first-order valence-electron chi connectivity index (χ1n) is 8.82. The largest absolute Gasteiger partial charge is 0.493 e. The lowest BCUT2D eigenvalue weighted by atomic mass is 9.98. The number of fused-ring (bicyclic) bond motifs is 2. The van der Waals surface area contributed by atoms with Crippen LogP contribution in [0.1, 0.15) is 36.2 Å². The monoisotopic (exact) mass is 363 g/mol. The molecule has 2 aromatic carbocycles. The molecular weight excluding hydrogens is 342 g/mol. The van der Waals surface area contributed by atoms with Crippen molar-refractivity contribution < 1.29 is 14.3 Å². The smallest absolute Gasteiger partial charge is 0.231 e. The molecule has 0 saturated carbocycles. The minimum absolute atomic E-state index is 0.0510. The Bertz CT molecular complexity index is 1070. The van der Waals surface area contributed by atoms with Crippen LogP contribution in [0.2, 0.25) is 0 Å². The van der Waals surface area contributed by atoms with Crippen LogP contribution >= 0.6 is 0 Å². The quantitative estimate of drug-likeness (QED) is 0.716. The Morgan fingerprint density at radius 3 is 2.67 bits per heavy atom. The molecule has 2 heterocycles. The summed E-state index contributed by atoms with van der Waals surface area (Å²) in [7, 11) is 3.21. The minimum atomic E-state index is -0.112. The van der Waals surface area contributed by atoms with Crippen LogP contribution in [0, 0.1) is 0 Å². The third kappa shape index (κ3) is 2.73. The van der Waals surface area contributed by atoms with Gasteiger partial charge in [-0.2, -0.15) is 0 Å². The Balaban J connectivity index is 1.73. The molecule has 138 valence electrons. The Morgan fingerprint density at radius 1 is 1.19 bits per heavy atom. The fourth-order valence-electron chi connectivity index (χ4n) is 3.54. The van der Waals surface area contributed by atoms with Crippen molar-refractivity contribution in [3.05, 3.63) is 53.9 Å². The zero-order chi connectivity index (χ0) is 19.1. The van der Waals surface area contributed by atoms with Crippen molar-refractivity contribution >= 4 is 28.2 Å². The van der Waals surface area contributed by atoms with E-state index in [1.807, 2.05) is 37.3 Å². The van der Waals surface area contributed by atoms with Crippen LogP contribution < -0.4 is 14.8 Å². The number of imidazole rings is 1. The number of aromatic nitrogens is 2. The number of hydrogen-bond donors (Lipinski definition) is 2. The summed E-state index contributed by atoms with van der Waals surface area (Å²) >= 11 is 0. The lowest BCUT2D eigenvalue weighted by Crippen LogP contribution is -2.10. The number of anilines is 1. The molecule has 0 radical (unpaired) electrons. The van der Waals surface area contributed by atoms with Gasteiger partial charge in [0.25, 0.3) is 0 Å². The third-order valence-corrected chi connectivity index (χ3v) is 5.03. The van der Waals surface area contributed by atoms with Crippen molar-refractivity contribution in [2.45, 2.75) is 19.3 Å². The summed E-state index contributed by atoms with van der Waals surface area (Å²) in [6.45, 7) is 6.20. The molecule has 6 nitrogen and oxygen atoms in total. The van der Waals surface area contributed by atoms with E-state index in [2.05, 4.69) is 16.9 Å². The van der Waals surface area contributed by atoms with E-state index in [0.29, 0.717) is 17.3 Å². The van der Waals surface area contributed by atoms with Gasteiger partial charge in [0.1, 0.15) is 5.82 Å². The van der Waals surface area contributed by atoms with Crippen LogP contribution in [0.3, 0.4) is 0 Å². The van der Waals surface area contributed by atoms with Gasteiger partial charge in [-0.25, -0.2) is 4.98 Å². The molecule has 1 atom stereocenters. The number of carbonyl (C=O) groups is 1. The number of rotatable bonds is 5. The lowest BCUT2D eigenvalue weighted by Gasteiger charge is -2.10. The van der Waals surface area contributed by atoms with E-state index in [1.165, 1.54) is 0 Å². The number of hydrogen-bond acceptors (Lipinski definition) is 4. The van der Waals surface area contributed by atoms with E-state index in [-0.39, 0.29) is 11.8 Å². The zero-order valence-corrected chi connectivity index (χ0v) is 15.6. The normalized spacial score (nSPS) is 15.5. The van der Waals surface area contributed by atoms with Crippen LogP contribution in [-0.4, -0.2) is 30.1 Å². The van der Waals surface area contributed by atoms with Crippen molar-refractivity contribution in [2.24, 2.45) is 0 Å². The fraction of sp³-hybridized carbons (Fsp3) is 0.238. The van der Waals surface area contributed by atoms with Gasteiger partial charge in [-0.05, 0) is 41.8 Å². The van der Waals surface area contributed by atoms with E-state index in [0.717, 1.165) is 39.8 Å². The number of carbonyl (C=O) groups excluding carboxylic acids is 1. The van der Waals surface area contributed by atoms with Crippen LogP contribution in [0.4, 0.5) is 5.69 Å². The third-order valence-electron chi connectivity index (χ3n) is 5.03. The molecule has 1 aliphatic rings. The molecule has 0 bridgehead atoms. The molecule has 0 aliphatic carbocycles. The number of nitrogens with zero attached hydrogens (tertiary/aromatic N) is 1. The zero-order valence-electron chi connectivity index (χ0n) is 15.6. The second-order valence-electron chi connectivity index (χ2n) is 6.54. The van der Waals surface area contributed by atoms with Crippen molar-refractivity contribution in [3.8, 4) is 11.5 Å². The van der Waals surface area contributed by atoms with Gasteiger partial charge in [0.2, 0.25) is 5.91 Å². The Kier molecular flexibility index (Phi) is 4.11. The molecule has 1 aliphatic heterocycles. The molecule has 0 spiro atoms. The summed E-state index contributed by atoms with van der Waals surface area (Å²) < 4.78 is 10.7. The Labute approximate surface area is 157 Å². The van der Waals surface area contributed by atoms with Gasteiger partial charge in [-0.15, -0.1) is 0 Å². The van der Waals surface area contributed by atoms with E-state index >= 15 is 0 Å². The molecule has 2 N–H and O–H groups in total. The van der Waals surface area contributed by atoms with Crippen LogP contribution in [0.15, 0.2) is 36.9 Å². The van der Waals surface area contributed by atoms with Crippen LogP contribution in [-0.2, 0) is 4.79 Å². The fourth-order valence-corrected chi connectivity index (χ4v) is 3.54. The van der Waals surface area contributed by atoms with Gasteiger partial charge in [-0.3, -0.25) is 4.79 Å². The first-order chi connectivity index (χ1) is 13.0. The maximum absolute atomic E-state index is 12.1. The highest BCUT2D eigenvalue weighted by Crippen LogP contribution is 2.38. The summed E-state index contributed by atoms with van der Waals surface area (Å²) in [5, 5.41) is 2.95. The maximum Gasteiger partial charge on any atom is 0.231 e. The highest BCUT2D eigenvalue weighted by Gasteiger charge is 2.29. The van der Waals surface area contributed by atoms with E-state index in [1.54, 1.807) is 14.2 Å². The number of aromatic amines is 1. The van der Waals surface area contributed by atoms with Gasteiger partial charge in [0.05, 0.1) is 31.2 Å². The minimum Gasteiger partial charge on any atom is -0.493 e. The predicted molar refractivity (Wildman–Crippen MR) is 105 cm³/mol. The average Bonchev–Trinajstić information content (AvgIpc) is 3.23. The topological polar surface area (TPSA) is 76.2 Å². The second-order valence-corrected chi connectivity index (χ2v) is 6.54. The standard InChI is InChI=1S/C21H21N3O3/c1-5-13-14-9-16-17(10-15(14)24-21(13)25)23-20(22-16)11(2)12-6-7-18(26-3)19(8-12)27-4/h6-10,13H,2,5H2,1,3-4H3,(H,22,23)(H,24,25). The molecule has 3 aromatic rings. The number of H-pyrrole nitrogens is 1. The summed E-state index contributed by atoms with van der Waals surface area (Å²) in [6, 6.07) is 9.57. The molecule has 0 saturated heterocycles. The number of amides is 1. The van der Waals surface area contributed by atoms with Gasteiger partial charge < -0.3 is 19.8 Å². The van der Waals surface area contributed by atoms with Gasteiger partial charge in [0, 0.05) is 11.3 Å². The lowest BCUT2D eigenvalue weighted by molar-refractivity contribution is -0.117. The molecule has 6 heteroatoms. The van der Waals surface area contributed by atoms with Gasteiger partial charge >= 0.3 is 0 Å². The highest BCUT2D eigenvalue weighted by molar-refractivity contribution is 6.05. The van der Waals surface area contributed by atoms with E-state index in [9.17, 15) is 4.79 Å². The van der Waals surface area contributed by atoms with E-state index < -0.39 is 0 Å². The predicted octanol–water partition coefficient (Wildman–Crippen LogP) is 4.09. The summed E-state index contributed by atoms with van der Waals surface area (Å²) in [5.74, 6) is 1.92. The molecule has 27 heavy (non-hydrogen) atoms. The first kappa shape index (κ1) is 17.1. The molecular formula is C21H21N3O3. The van der Waals surface area contributed by atoms with Crippen molar-refractivity contribution in [2.75, 3.05) is 19.5 Å². The first-order valence-corrected chi connectivity index (χ1v) is 8.82. The summed E-state index contributed by atoms with van der Waals surface area (Å²) in [6.07, 6.45) is 0.764. The second kappa shape index (κ2) is 6.46. The SMILES string of the molecule is C=C(c1ccc(OC)c(OC)c1)c1nc2cc3c(cc2[nH]1)NC(=O)C3CC. The van der Waals surface area contributed by atoms with Crippen LogP contribution in [0.25, 0.3) is 16.6 Å². The number of methoxy groups -OCH3 is 2. The molecule has 4 rings (SSSR count). The summed E-state index contributed by atoms with van der Waals surface area (Å²) in [5.41, 5.74) is 5.18. The van der Waals surface area contributed by atoms with Crippen molar-refractivity contribution in [1.82, 2.24) is 9.97 Å². The van der Waals surface area contributed by atoms with E-state index in [4.69, 9.17) is 14.5 Å². The summed E-state index contributed by atoms with van der Waals surface area (Å²) in [4.78, 5) is 20.1. The van der Waals surface area contributed by atoms with Crippen LogP contribution in [0.5, 0.6) is 11.5 Å². The highest BCUT2D eigenvalue weighted by atomic mass is 16.5. The molecule has 1 aromatic heterocycles. The van der Waals surface area contributed by atoms with Crippen molar-refractivity contribution in [1.29, 1.82) is 0 Å². The van der Waals surface area contributed by atoms with Gasteiger partial charge in [-0.1, -0.05) is 19.6 Å². The average molecular weight is 363 g/mol. The number of benzene rings is 2. The Morgan fingerprint density at radius 2 is 1.96 bits per heavy atom. The number of nitrogens with one attached hydrogen (secondary N) is 2.